The molecular weight excluding hydrogens is 778 g/mol. The number of hydrogen-bond donors (Lipinski definition) is 4. The first-order valence-electron chi connectivity index (χ1n) is 21.6. The highest BCUT2D eigenvalue weighted by Gasteiger charge is 2.54. The molecule has 1 fully saturated rings. The summed E-state index contributed by atoms with van der Waals surface area (Å²) in [5.41, 5.74) is 5.13. The lowest BCUT2D eigenvalue weighted by Crippen LogP contribution is -2.53. The zero-order valence-corrected chi connectivity index (χ0v) is 35.5. The Kier molecular flexibility index (Phi) is 13.7. The van der Waals surface area contributed by atoms with Crippen molar-refractivity contribution in [2.24, 2.45) is 11.8 Å². The number of nitrogens with zero attached hydrogens (tertiary/aromatic N) is 1. The van der Waals surface area contributed by atoms with Gasteiger partial charge in [0.25, 0.3) is 0 Å². The average molecular weight is 836 g/mol. The summed E-state index contributed by atoms with van der Waals surface area (Å²) in [6.07, 6.45) is 10.9. The van der Waals surface area contributed by atoms with E-state index in [0.29, 0.717) is 74.3 Å². The first kappa shape index (κ1) is 43.0. The zero-order chi connectivity index (χ0) is 42.3. The highest BCUT2D eigenvalue weighted by atomic mass is 35.5. The summed E-state index contributed by atoms with van der Waals surface area (Å²) >= 11 is 6.30. The number of unbranched alkanes of at least 4 members (excludes halogenated alkanes) is 1. The van der Waals surface area contributed by atoms with Crippen LogP contribution in [-0.2, 0) is 39.1 Å². The number of carboxylic acid groups (broad SMARTS) is 2. The van der Waals surface area contributed by atoms with E-state index in [1.165, 1.54) is 16.7 Å². The number of aromatic nitrogens is 1. The molecule has 7 rings (SSSR count). The summed E-state index contributed by atoms with van der Waals surface area (Å²) in [5, 5.41) is 27.0. The third-order valence-electron chi connectivity index (χ3n) is 13.2. The summed E-state index contributed by atoms with van der Waals surface area (Å²) in [5.74, 6) is 0.479. The van der Waals surface area contributed by atoms with Gasteiger partial charge in [0, 0.05) is 41.0 Å². The van der Waals surface area contributed by atoms with Crippen LogP contribution >= 0.6 is 11.6 Å². The van der Waals surface area contributed by atoms with Crippen LogP contribution in [0.1, 0.15) is 112 Å². The van der Waals surface area contributed by atoms with Crippen LogP contribution in [-0.4, -0.2) is 57.8 Å². The quantitative estimate of drug-likeness (QED) is 0.0720. The molecule has 3 aromatic carbocycles. The van der Waals surface area contributed by atoms with Gasteiger partial charge in [-0.3, -0.25) is 9.78 Å². The smallest absolute Gasteiger partial charge is 0.329 e. The predicted molar refractivity (Wildman–Crippen MR) is 233 cm³/mol. The Balaban J connectivity index is 1.02. The Bertz CT molecular complexity index is 2140. The molecule has 0 radical (unpaired) electrons. The Hall–Kier alpha value is -5.09. The third-order valence-corrected chi connectivity index (χ3v) is 13.5. The average Bonchev–Trinajstić information content (AvgIpc) is 3.51. The standard InChI is InChI=1S/C49H58ClN3O7/c1-32(31-60-43-19-24-51-41-15-8-10-33(2)45(41)43)26-36-28-35-17-18-39(59-25-7-6-16-44(54)52-42(46(55)56)27-34-11-4-3-5-12-34)30-40(35)48(36)20-22-49(23-21-48,47(57)58)53-38-14-9-13-37(50)29-38/h3-5,9,11-14,17-19,24,29-30,32-33,36,42,53H,6-8,10,15-16,20-23,25-28,31H2,1-2H3,(H,52,54)(H,55,56)(H,57,58)/t32-,33-,36+,42+,48?,49?/m1/s1. The number of carbonyl (C=O) groups is 3. The molecule has 1 spiro atoms. The fraction of sp³-hybridized carbons (Fsp3) is 0.469. The van der Waals surface area contributed by atoms with Gasteiger partial charge in [-0.25, -0.2) is 9.59 Å². The van der Waals surface area contributed by atoms with Crippen LogP contribution in [0.15, 0.2) is 85.1 Å². The Morgan fingerprint density at radius 3 is 2.50 bits per heavy atom. The van der Waals surface area contributed by atoms with Crippen molar-refractivity contribution in [1.82, 2.24) is 10.3 Å². The van der Waals surface area contributed by atoms with Gasteiger partial charge in [0.2, 0.25) is 5.91 Å². The molecule has 3 aliphatic carbocycles. The fourth-order valence-electron chi connectivity index (χ4n) is 10.1. The molecule has 3 aliphatic rings. The van der Waals surface area contributed by atoms with E-state index in [1.807, 2.05) is 60.8 Å². The number of aryl methyl sites for hydroxylation is 1. The van der Waals surface area contributed by atoms with E-state index in [2.05, 4.69) is 41.6 Å². The van der Waals surface area contributed by atoms with Crippen molar-refractivity contribution in [2.45, 2.75) is 120 Å². The molecule has 10 nitrogen and oxygen atoms in total. The molecule has 0 bridgehead atoms. The number of ether oxygens (including phenoxy) is 2. The van der Waals surface area contributed by atoms with E-state index in [9.17, 15) is 24.6 Å². The second kappa shape index (κ2) is 19.1. The Morgan fingerprint density at radius 2 is 1.75 bits per heavy atom. The topological polar surface area (TPSA) is 147 Å². The SMILES string of the molecule is C[C@@H](COc1ccnc2c1[C@H](C)CCC2)C[C@H]1Cc2ccc(OCCCCC(=O)N[C@@H](Cc3ccccc3)C(=O)O)cc2C12CCC(Nc1cccc(Cl)c1)(C(=O)O)CC2. The minimum atomic E-state index is -1.12. The molecule has 0 aliphatic heterocycles. The second-order valence-corrected chi connectivity index (χ2v) is 17.9. The third kappa shape index (κ3) is 9.92. The molecular formula is C49H58ClN3O7. The summed E-state index contributed by atoms with van der Waals surface area (Å²) < 4.78 is 12.9. The number of halogens is 1. The van der Waals surface area contributed by atoms with Gasteiger partial charge in [-0.2, -0.15) is 0 Å². The van der Waals surface area contributed by atoms with Gasteiger partial charge in [-0.05, 0) is 147 Å². The van der Waals surface area contributed by atoms with Gasteiger partial charge in [-0.1, -0.05) is 67.9 Å². The van der Waals surface area contributed by atoms with Crippen LogP contribution in [0.5, 0.6) is 11.5 Å². The lowest BCUT2D eigenvalue weighted by molar-refractivity contribution is -0.144. The summed E-state index contributed by atoms with van der Waals surface area (Å²) in [7, 11) is 0. The van der Waals surface area contributed by atoms with Gasteiger partial charge in [-0.15, -0.1) is 0 Å². The molecule has 4 atom stereocenters. The number of aliphatic carboxylic acids is 2. The van der Waals surface area contributed by atoms with Crippen molar-refractivity contribution in [3.63, 3.8) is 0 Å². The molecule has 0 unspecified atom stereocenters. The maximum Gasteiger partial charge on any atom is 0.329 e. The van der Waals surface area contributed by atoms with Gasteiger partial charge in [0.1, 0.15) is 23.1 Å². The molecule has 318 valence electrons. The van der Waals surface area contributed by atoms with Crippen LogP contribution in [0.4, 0.5) is 5.69 Å². The normalized spacial score (nSPS) is 22.9. The maximum absolute atomic E-state index is 13.1. The lowest BCUT2D eigenvalue weighted by Gasteiger charge is -2.47. The minimum Gasteiger partial charge on any atom is -0.494 e. The number of amides is 1. The van der Waals surface area contributed by atoms with E-state index in [-0.39, 0.29) is 30.1 Å². The number of rotatable bonds is 18. The highest BCUT2D eigenvalue weighted by molar-refractivity contribution is 6.30. The molecule has 4 aromatic rings. The first-order valence-corrected chi connectivity index (χ1v) is 22.0. The van der Waals surface area contributed by atoms with E-state index >= 15 is 0 Å². The van der Waals surface area contributed by atoms with Crippen molar-refractivity contribution >= 4 is 35.1 Å². The van der Waals surface area contributed by atoms with E-state index in [1.54, 1.807) is 12.1 Å². The minimum absolute atomic E-state index is 0.204. The molecule has 4 N–H and O–H groups in total. The number of nitrogens with one attached hydrogen (secondary N) is 2. The molecule has 60 heavy (non-hydrogen) atoms. The summed E-state index contributed by atoms with van der Waals surface area (Å²) in [6, 6.07) is 23.9. The van der Waals surface area contributed by atoms with E-state index in [4.69, 9.17) is 21.1 Å². The van der Waals surface area contributed by atoms with Crippen LogP contribution in [0.3, 0.4) is 0 Å². The number of fused-ring (bicyclic) bond motifs is 3. The monoisotopic (exact) mass is 835 g/mol. The number of carboxylic acids is 2. The molecule has 1 heterocycles. The van der Waals surface area contributed by atoms with E-state index < -0.39 is 23.5 Å². The first-order chi connectivity index (χ1) is 28.9. The summed E-state index contributed by atoms with van der Waals surface area (Å²) in [4.78, 5) is 42.3. The number of carbonyl (C=O) groups excluding carboxylic acids is 1. The van der Waals surface area contributed by atoms with Crippen LogP contribution in [0, 0.1) is 11.8 Å². The Labute approximate surface area is 358 Å². The van der Waals surface area contributed by atoms with Gasteiger partial charge >= 0.3 is 11.9 Å². The molecule has 0 saturated heterocycles. The van der Waals surface area contributed by atoms with Crippen molar-refractivity contribution in [3.05, 3.63) is 118 Å². The molecule has 1 aromatic heterocycles. The van der Waals surface area contributed by atoms with Crippen molar-refractivity contribution in [2.75, 3.05) is 18.5 Å². The van der Waals surface area contributed by atoms with Gasteiger partial charge in [0.05, 0.1) is 13.2 Å². The lowest BCUT2D eigenvalue weighted by atomic mass is 9.59. The maximum atomic E-state index is 13.1. The second-order valence-electron chi connectivity index (χ2n) is 17.5. The van der Waals surface area contributed by atoms with Crippen LogP contribution in [0.25, 0.3) is 0 Å². The molecule has 1 saturated carbocycles. The van der Waals surface area contributed by atoms with Crippen LogP contribution in [0.2, 0.25) is 5.02 Å². The zero-order valence-electron chi connectivity index (χ0n) is 34.8. The molecule has 11 heteroatoms. The Morgan fingerprint density at radius 1 is 0.950 bits per heavy atom. The number of benzene rings is 3. The molecule has 1 amide bonds. The largest absolute Gasteiger partial charge is 0.494 e. The fourth-order valence-corrected chi connectivity index (χ4v) is 10.3. The van der Waals surface area contributed by atoms with Crippen molar-refractivity contribution in [3.8, 4) is 11.5 Å². The predicted octanol–water partition coefficient (Wildman–Crippen LogP) is 9.56. The van der Waals surface area contributed by atoms with Crippen molar-refractivity contribution in [1.29, 1.82) is 0 Å². The number of anilines is 1. The van der Waals surface area contributed by atoms with E-state index in [0.717, 1.165) is 54.9 Å². The van der Waals surface area contributed by atoms with Gasteiger partial charge < -0.3 is 30.3 Å². The highest BCUT2D eigenvalue weighted by Crippen LogP contribution is 2.57. The number of hydrogen-bond acceptors (Lipinski definition) is 7. The number of pyridine rings is 1. The van der Waals surface area contributed by atoms with Gasteiger partial charge in [0.15, 0.2) is 0 Å². The van der Waals surface area contributed by atoms with Crippen molar-refractivity contribution < 1.29 is 34.1 Å². The summed E-state index contributed by atoms with van der Waals surface area (Å²) in [6.45, 7) is 5.53. The van der Waals surface area contributed by atoms with Crippen LogP contribution < -0.4 is 20.1 Å².